The SMILES string of the molecule is CCCCCC[C@H]1C=C[C@H](C(O)(CC)CC)O1. The summed E-state index contributed by atoms with van der Waals surface area (Å²) in [5.41, 5.74) is -0.672. The minimum Gasteiger partial charge on any atom is -0.387 e. The van der Waals surface area contributed by atoms with E-state index in [2.05, 4.69) is 19.1 Å². The van der Waals surface area contributed by atoms with Crippen molar-refractivity contribution in [2.75, 3.05) is 0 Å². The molecule has 17 heavy (non-hydrogen) atoms. The molecule has 0 saturated carbocycles. The molecule has 1 aliphatic heterocycles. The van der Waals surface area contributed by atoms with Gasteiger partial charge < -0.3 is 9.84 Å². The van der Waals surface area contributed by atoms with E-state index in [0.717, 1.165) is 19.3 Å². The first-order valence-electron chi connectivity index (χ1n) is 7.22. The van der Waals surface area contributed by atoms with Gasteiger partial charge in [-0.1, -0.05) is 58.6 Å². The average molecular weight is 240 g/mol. The lowest BCUT2D eigenvalue weighted by Gasteiger charge is -2.31. The van der Waals surface area contributed by atoms with Gasteiger partial charge in [-0.25, -0.2) is 0 Å². The van der Waals surface area contributed by atoms with Gasteiger partial charge in [0.1, 0.15) is 6.10 Å². The topological polar surface area (TPSA) is 29.5 Å². The third-order valence-electron chi connectivity index (χ3n) is 3.92. The van der Waals surface area contributed by atoms with Gasteiger partial charge in [-0.05, 0) is 19.3 Å². The lowest BCUT2D eigenvalue weighted by Crippen LogP contribution is -2.41. The zero-order chi connectivity index (χ0) is 12.7. The zero-order valence-corrected chi connectivity index (χ0v) is 11.6. The minimum absolute atomic E-state index is 0.103. The van der Waals surface area contributed by atoms with Crippen molar-refractivity contribution >= 4 is 0 Å². The van der Waals surface area contributed by atoms with Gasteiger partial charge in [-0.2, -0.15) is 0 Å². The molecule has 1 rings (SSSR count). The molecule has 2 nitrogen and oxygen atoms in total. The Kier molecular flexibility index (Phi) is 6.21. The van der Waals surface area contributed by atoms with Crippen LogP contribution in [0.5, 0.6) is 0 Å². The summed E-state index contributed by atoms with van der Waals surface area (Å²) >= 11 is 0. The maximum atomic E-state index is 10.4. The largest absolute Gasteiger partial charge is 0.387 e. The highest BCUT2D eigenvalue weighted by atomic mass is 16.5. The Morgan fingerprint density at radius 1 is 1.06 bits per heavy atom. The molecule has 0 spiro atoms. The average Bonchev–Trinajstić information content (AvgIpc) is 2.83. The second-order valence-corrected chi connectivity index (χ2v) is 5.14. The first-order chi connectivity index (χ1) is 8.16. The number of ether oxygens (including phenoxy) is 1. The highest BCUT2D eigenvalue weighted by molar-refractivity contribution is 5.08. The summed E-state index contributed by atoms with van der Waals surface area (Å²) in [5.74, 6) is 0. The van der Waals surface area contributed by atoms with E-state index in [4.69, 9.17) is 4.74 Å². The van der Waals surface area contributed by atoms with Crippen LogP contribution < -0.4 is 0 Å². The van der Waals surface area contributed by atoms with E-state index in [-0.39, 0.29) is 12.2 Å². The Balaban J connectivity index is 2.30. The van der Waals surface area contributed by atoms with Gasteiger partial charge in [0.2, 0.25) is 0 Å². The summed E-state index contributed by atoms with van der Waals surface area (Å²) in [5, 5.41) is 10.4. The van der Waals surface area contributed by atoms with Crippen molar-refractivity contribution in [2.24, 2.45) is 0 Å². The summed E-state index contributed by atoms with van der Waals surface area (Å²) in [7, 11) is 0. The maximum absolute atomic E-state index is 10.4. The lowest BCUT2D eigenvalue weighted by molar-refractivity contribution is -0.0970. The third-order valence-corrected chi connectivity index (χ3v) is 3.92. The van der Waals surface area contributed by atoms with Gasteiger partial charge in [0.25, 0.3) is 0 Å². The third kappa shape index (κ3) is 4.11. The van der Waals surface area contributed by atoms with E-state index in [0.29, 0.717) is 0 Å². The van der Waals surface area contributed by atoms with Crippen LogP contribution in [0.15, 0.2) is 12.2 Å². The second kappa shape index (κ2) is 7.17. The Bertz CT molecular complexity index is 231. The first kappa shape index (κ1) is 14.7. The number of aliphatic hydroxyl groups is 1. The van der Waals surface area contributed by atoms with Crippen LogP contribution in [0.3, 0.4) is 0 Å². The fraction of sp³-hybridized carbons (Fsp3) is 0.867. The normalized spacial score (nSPS) is 24.5. The lowest BCUT2D eigenvalue weighted by atomic mass is 9.91. The van der Waals surface area contributed by atoms with Crippen LogP contribution in [0.2, 0.25) is 0 Å². The van der Waals surface area contributed by atoms with Crippen LogP contribution in [-0.4, -0.2) is 22.9 Å². The van der Waals surface area contributed by atoms with Crippen LogP contribution in [0.25, 0.3) is 0 Å². The van der Waals surface area contributed by atoms with E-state index < -0.39 is 5.60 Å². The van der Waals surface area contributed by atoms with Crippen LogP contribution in [0.4, 0.5) is 0 Å². The molecule has 0 amide bonds. The van der Waals surface area contributed by atoms with E-state index in [1.807, 2.05) is 13.8 Å². The van der Waals surface area contributed by atoms with Crippen LogP contribution >= 0.6 is 0 Å². The molecule has 2 atom stereocenters. The minimum atomic E-state index is -0.672. The monoisotopic (exact) mass is 240 g/mol. The Morgan fingerprint density at radius 3 is 2.35 bits per heavy atom. The van der Waals surface area contributed by atoms with E-state index in [1.54, 1.807) is 0 Å². The Labute approximate surface area is 106 Å². The summed E-state index contributed by atoms with van der Waals surface area (Å²) in [6.45, 7) is 6.27. The molecule has 1 N–H and O–H groups in total. The van der Waals surface area contributed by atoms with Crippen LogP contribution in [0.1, 0.15) is 65.7 Å². The second-order valence-electron chi connectivity index (χ2n) is 5.14. The van der Waals surface area contributed by atoms with Crippen molar-refractivity contribution in [1.29, 1.82) is 0 Å². The van der Waals surface area contributed by atoms with Gasteiger partial charge in [0.05, 0.1) is 11.7 Å². The van der Waals surface area contributed by atoms with Gasteiger partial charge in [0.15, 0.2) is 0 Å². The highest BCUT2D eigenvalue weighted by Crippen LogP contribution is 2.29. The van der Waals surface area contributed by atoms with Gasteiger partial charge in [0, 0.05) is 0 Å². The molecule has 100 valence electrons. The van der Waals surface area contributed by atoms with E-state index >= 15 is 0 Å². The fourth-order valence-corrected chi connectivity index (χ4v) is 2.40. The molecular weight excluding hydrogens is 212 g/mol. The number of hydrogen-bond donors (Lipinski definition) is 1. The fourth-order valence-electron chi connectivity index (χ4n) is 2.40. The van der Waals surface area contributed by atoms with Gasteiger partial charge in [-0.15, -0.1) is 0 Å². The highest BCUT2D eigenvalue weighted by Gasteiger charge is 2.36. The smallest absolute Gasteiger partial charge is 0.105 e. The number of rotatable bonds is 8. The van der Waals surface area contributed by atoms with Crippen molar-refractivity contribution in [1.82, 2.24) is 0 Å². The molecule has 2 heteroatoms. The van der Waals surface area contributed by atoms with Gasteiger partial charge in [-0.3, -0.25) is 0 Å². The summed E-state index contributed by atoms with van der Waals surface area (Å²) in [4.78, 5) is 0. The molecule has 0 aromatic heterocycles. The van der Waals surface area contributed by atoms with Crippen LogP contribution in [0, 0.1) is 0 Å². The molecule has 1 heterocycles. The van der Waals surface area contributed by atoms with Gasteiger partial charge >= 0.3 is 0 Å². The predicted molar refractivity (Wildman–Crippen MR) is 72.1 cm³/mol. The summed E-state index contributed by atoms with van der Waals surface area (Å²) in [6, 6.07) is 0. The molecule has 0 aromatic carbocycles. The molecular formula is C15H28O2. The molecule has 0 saturated heterocycles. The van der Waals surface area contributed by atoms with Crippen molar-refractivity contribution in [3.8, 4) is 0 Å². The number of hydrogen-bond acceptors (Lipinski definition) is 2. The molecule has 1 aliphatic rings. The van der Waals surface area contributed by atoms with Crippen molar-refractivity contribution in [3.63, 3.8) is 0 Å². The van der Waals surface area contributed by atoms with Crippen LogP contribution in [-0.2, 0) is 4.74 Å². The molecule has 0 bridgehead atoms. The molecule has 0 fully saturated rings. The predicted octanol–water partition coefficient (Wildman–Crippen LogP) is 3.83. The summed E-state index contributed by atoms with van der Waals surface area (Å²) in [6.07, 6.45) is 12.0. The standard InChI is InChI=1S/C15H28O2/c1-4-7-8-9-10-13-11-12-14(17-13)15(16,5-2)6-3/h11-14,16H,4-10H2,1-3H3/t13-,14+/m0/s1. The van der Waals surface area contributed by atoms with Crippen molar-refractivity contribution in [2.45, 2.75) is 83.5 Å². The van der Waals surface area contributed by atoms with E-state index in [1.165, 1.54) is 25.7 Å². The maximum Gasteiger partial charge on any atom is 0.105 e. The quantitative estimate of drug-likeness (QED) is 0.516. The summed E-state index contributed by atoms with van der Waals surface area (Å²) < 4.78 is 5.93. The van der Waals surface area contributed by atoms with Crippen molar-refractivity contribution < 1.29 is 9.84 Å². The number of unbranched alkanes of at least 4 members (excludes halogenated alkanes) is 3. The molecule has 0 aliphatic carbocycles. The first-order valence-corrected chi connectivity index (χ1v) is 7.22. The molecule has 0 radical (unpaired) electrons. The Hall–Kier alpha value is -0.340. The van der Waals surface area contributed by atoms with Crippen molar-refractivity contribution in [3.05, 3.63) is 12.2 Å². The molecule has 0 unspecified atom stereocenters. The molecule has 0 aromatic rings. The Morgan fingerprint density at radius 2 is 1.76 bits per heavy atom. The van der Waals surface area contributed by atoms with E-state index in [9.17, 15) is 5.11 Å². The zero-order valence-electron chi connectivity index (χ0n) is 11.6.